The summed E-state index contributed by atoms with van der Waals surface area (Å²) < 4.78 is 13.0. The summed E-state index contributed by atoms with van der Waals surface area (Å²) in [4.78, 5) is 2.57. The molecule has 2 N–H and O–H groups in total. The average Bonchev–Trinajstić information content (AvgIpc) is 3.23. The molecule has 0 aromatic heterocycles. The minimum atomic E-state index is -0.175. The van der Waals surface area contributed by atoms with E-state index in [2.05, 4.69) is 18.7 Å². The summed E-state index contributed by atoms with van der Waals surface area (Å²) in [5.74, 6) is -0.175. The Morgan fingerprint density at radius 2 is 1.95 bits per heavy atom. The molecule has 106 valence electrons. The summed E-state index contributed by atoms with van der Waals surface area (Å²) >= 11 is 0. The van der Waals surface area contributed by atoms with Crippen molar-refractivity contribution in [3.05, 3.63) is 35.6 Å². The maximum atomic E-state index is 13.0. The molecule has 2 nitrogen and oxygen atoms in total. The molecule has 1 aromatic carbocycles. The summed E-state index contributed by atoms with van der Waals surface area (Å²) in [6.45, 7) is 6.19. The van der Waals surface area contributed by atoms with E-state index in [1.54, 1.807) is 0 Å². The maximum Gasteiger partial charge on any atom is 0.123 e. The third-order valence-electron chi connectivity index (χ3n) is 4.08. The summed E-state index contributed by atoms with van der Waals surface area (Å²) in [5.41, 5.74) is 7.21. The van der Waals surface area contributed by atoms with E-state index < -0.39 is 0 Å². The van der Waals surface area contributed by atoms with Gasteiger partial charge in [-0.15, -0.1) is 0 Å². The molecule has 0 aliphatic heterocycles. The number of benzene rings is 1. The Bertz CT molecular complexity index is 400. The van der Waals surface area contributed by atoms with Crippen molar-refractivity contribution in [1.82, 2.24) is 4.90 Å². The fraction of sp³-hybridized carbons (Fsp3) is 0.625. The van der Waals surface area contributed by atoms with Crippen LogP contribution in [0, 0.1) is 5.82 Å². The molecule has 19 heavy (non-hydrogen) atoms. The van der Waals surface area contributed by atoms with E-state index in [1.165, 1.54) is 25.0 Å². The molecular formula is C16H25FN2. The van der Waals surface area contributed by atoms with Crippen molar-refractivity contribution in [3.63, 3.8) is 0 Å². The second-order valence-electron chi connectivity index (χ2n) is 5.93. The Morgan fingerprint density at radius 3 is 2.42 bits per heavy atom. The van der Waals surface area contributed by atoms with Crippen LogP contribution in [0.15, 0.2) is 24.3 Å². The molecule has 0 heterocycles. The minimum Gasteiger partial charge on any atom is -0.329 e. The van der Waals surface area contributed by atoms with Gasteiger partial charge >= 0.3 is 0 Å². The first kappa shape index (κ1) is 14.5. The molecule has 1 fully saturated rings. The van der Waals surface area contributed by atoms with E-state index in [1.807, 2.05) is 12.1 Å². The highest BCUT2D eigenvalue weighted by Gasteiger charge is 2.39. The highest BCUT2D eigenvalue weighted by atomic mass is 19.1. The monoisotopic (exact) mass is 264 g/mol. The molecule has 1 aromatic rings. The molecule has 0 spiro atoms. The Kier molecular flexibility index (Phi) is 4.58. The predicted molar refractivity (Wildman–Crippen MR) is 77.6 cm³/mol. The summed E-state index contributed by atoms with van der Waals surface area (Å²) in [6.07, 6.45) is 4.62. The van der Waals surface area contributed by atoms with Gasteiger partial charge < -0.3 is 5.73 Å². The van der Waals surface area contributed by atoms with Gasteiger partial charge in [0.05, 0.1) is 0 Å². The van der Waals surface area contributed by atoms with Gasteiger partial charge in [0.25, 0.3) is 0 Å². The lowest BCUT2D eigenvalue weighted by molar-refractivity contribution is 0.100. The summed E-state index contributed by atoms with van der Waals surface area (Å²) in [6, 6.07) is 7.52. The van der Waals surface area contributed by atoms with E-state index in [4.69, 9.17) is 5.73 Å². The van der Waals surface area contributed by atoms with Crippen molar-refractivity contribution in [2.45, 2.75) is 51.1 Å². The first-order chi connectivity index (χ1) is 9.09. The zero-order chi connectivity index (χ0) is 13.9. The highest BCUT2D eigenvalue weighted by molar-refractivity contribution is 5.19. The van der Waals surface area contributed by atoms with Crippen molar-refractivity contribution in [3.8, 4) is 0 Å². The van der Waals surface area contributed by atoms with E-state index in [-0.39, 0.29) is 11.4 Å². The Balaban J connectivity index is 2.13. The minimum absolute atomic E-state index is 0.0188. The molecule has 1 atom stereocenters. The van der Waals surface area contributed by atoms with Crippen LogP contribution in [0.4, 0.5) is 4.39 Å². The van der Waals surface area contributed by atoms with Gasteiger partial charge in [-0.05, 0) is 56.8 Å². The topological polar surface area (TPSA) is 29.3 Å². The average molecular weight is 264 g/mol. The lowest BCUT2D eigenvalue weighted by Gasteiger charge is -2.41. The van der Waals surface area contributed by atoms with Crippen LogP contribution in [0.3, 0.4) is 0 Å². The zero-order valence-corrected chi connectivity index (χ0v) is 12.0. The van der Waals surface area contributed by atoms with Crippen LogP contribution in [-0.4, -0.2) is 29.6 Å². The molecular weight excluding hydrogens is 239 g/mol. The molecule has 0 amide bonds. The SMILES string of the molecule is CCCN(C1CC1)C(C)(CN)Cc1ccc(F)cc1. The first-order valence-electron chi connectivity index (χ1n) is 7.30. The van der Waals surface area contributed by atoms with Gasteiger partial charge in [-0.1, -0.05) is 19.1 Å². The Hall–Kier alpha value is -0.930. The van der Waals surface area contributed by atoms with Gasteiger partial charge in [0, 0.05) is 18.1 Å². The van der Waals surface area contributed by atoms with Crippen molar-refractivity contribution < 1.29 is 4.39 Å². The number of halogens is 1. The van der Waals surface area contributed by atoms with Gasteiger partial charge in [-0.3, -0.25) is 4.90 Å². The first-order valence-corrected chi connectivity index (χ1v) is 7.30. The normalized spacial score (nSPS) is 18.6. The number of nitrogens with two attached hydrogens (primary N) is 1. The number of hydrogen-bond acceptors (Lipinski definition) is 2. The van der Waals surface area contributed by atoms with Crippen molar-refractivity contribution in [2.75, 3.05) is 13.1 Å². The van der Waals surface area contributed by atoms with Crippen molar-refractivity contribution in [1.29, 1.82) is 0 Å². The number of nitrogens with zero attached hydrogens (tertiary/aromatic N) is 1. The molecule has 1 saturated carbocycles. The van der Waals surface area contributed by atoms with E-state index in [0.717, 1.165) is 24.9 Å². The largest absolute Gasteiger partial charge is 0.329 e. The molecule has 0 saturated heterocycles. The quantitative estimate of drug-likeness (QED) is 0.820. The van der Waals surface area contributed by atoms with Gasteiger partial charge in [-0.2, -0.15) is 0 Å². The van der Waals surface area contributed by atoms with Crippen LogP contribution in [-0.2, 0) is 6.42 Å². The van der Waals surface area contributed by atoms with Crippen LogP contribution in [0.2, 0.25) is 0 Å². The lowest BCUT2D eigenvalue weighted by atomic mass is 9.90. The third-order valence-corrected chi connectivity index (χ3v) is 4.08. The van der Waals surface area contributed by atoms with Crippen LogP contribution in [0.5, 0.6) is 0 Å². The number of hydrogen-bond donors (Lipinski definition) is 1. The predicted octanol–water partition coefficient (Wildman–Crippen LogP) is 2.96. The molecule has 2 rings (SSSR count). The maximum absolute atomic E-state index is 13.0. The smallest absolute Gasteiger partial charge is 0.123 e. The number of rotatable bonds is 7. The van der Waals surface area contributed by atoms with Gasteiger partial charge in [0.1, 0.15) is 5.82 Å². The fourth-order valence-electron chi connectivity index (χ4n) is 2.85. The summed E-state index contributed by atoms with van der Waals surface area (Å²) in [7, 11) is 0. The standard InChI is InChI=1S/C16H25FN2/c1-3-10-19(15-8-9-15)16(2,12-18)11-13-4-6-14(17)7-5-13/h4-7,15H,3,8-12,18H2,1-2H3. The lowest BCUT2D eigenvalue weighted by Crippen LogP contribution is -2.54. The molecule has 1 aliphatic carbocycles. The van der Waals surface area contributed by atoms with E-state index >= 15 is 0 Å². The zero-order valence-electron chi connectivity index (χ0n) is 12.0. The molecule has 0 bridgehead atoms. The highest BCUT2D eigenvalue weighted by Crippen LogP contribution is 2.34. The molecule has 1 aliphatic rings. The van der Waals surface area contributed by atoms with Crippen molar-refractivity contribution in [2.24, 2.45) is 5.73 Å². The Morgan fingerprint density at radius 1 is 1.32 bits per heavy atom. The van der Waals surface area contributed by atoms with Gasteiger partial charge in [0.15, 0.2) is 0 Å². The van der Waals surface area contributed by atoms with Crippen LogP contribution in [0.25, 0.3) is 0 Å². The van der Waals surface area contributed by atoms with Crippen molar-refractivity contribution >= 4 is 0 Å². The van der Waals surface area contributed by atoms with Crippen LogP contribution >= 0.6 is 0 Å². The van der Waals surface area contributed by atoms with E-state index in [9.17, 15) is 4.39 Å². The van der Waals surface area contributed by atoms with E-state index in [0.29, 0.717) is 12.6 Å². The van der Waals surface area contributed by atoms with Gasteiger partial charge in [0.2, 0.25) is 0 Å². The Labute approximate surface area is 115 Å². The van der Waals surface area contributed by atoms with Crippen LogP contribution in [0.1, 0.15) is 38.7 Å². The molecule has 3 heteroatoms. The second-order valence-corrected chi connectivity index (χ2v) is 5.93. The molecule has 0 radical (unpaired) electrons. The molecule has 1 unspecified atom stereocenters. The van der Waals surface area contributed by atoms with Crippen LogP contribution < -0.4 is 5.73 Å². The summed E-state index contributed by atoms with van der Waals surface area (Å²) in [5, 5.41) is 0. The van der Waals surface area contributed by atoms with Gasteiger partial charge in [-0.25, -0.2) is 4.39 Å². The third kappa shape index (κ3) is 3.54. The second kappa shape index (κ2) is 6.02. The fourth-order valence-corrected chi connectivity index (χ4v) is 2.85.